The third-order valence-electron chi connectivity index (χ3n) is 2.02. The molecular formula is C7H16ClNO. The van der Waals surface area contributed by atoms with E-state index >= 15 is 0 Å². The molecule has 0 unspecified atom stereocenters. The summed E-state index contributed by atoms with van der Waals surface area (Å²) in [6, 6.07) is 0.660. The molecule has 0 saturated carbocycles. The number of nitrogens with one attached hydrogen (secondary N) is 1. The minimum Gasteiger partial charge on any atom is -0.396 e. The van der Waals surface area contributed by atoms with Gasteiger partial charge in [-0.25, -0.2) is 0 Å². The van der Waals surface area contributed by atoms with Crippen molar-refractivity contribution in [2.24, 2.45) is 5.92 Å². The standard InChI is InChI=1S/C7H15NO.ClH/c1-6-2-3-7(5-9)4-8-6;/h6-9H,2-5H2,1H3;1H/t6-,7-;/m1./s1. The van der Waals surface area contributed by atoms with Gasteiger partial charge in [0.15, 0.2) is 0 Å². The van der Waals surface area contributed by atoms with Gasteiger partial charge < -0.3 is 10.4 Å². The molecule has 0 aromatic rings. The van der Waals surface area contributed by atoms with E-state index < -0.39 is 0 Å². The van der Waals surface area contributed by atoms with Crippen LogP contribution in [0, 0.1) is 5.92 Å². The lowest BCUT2D eigenvalue weighted by molar-refractivity contribution is 0.186. The second-order valence-corrected chi connectivity index (χ2v) is 2.94. The highest BCUT2D eigenvalue weighted by Crippen LogP contribution is 2.12. The van der Waals surface area contributed by atoms with Crippen molar-refractivity contribution in [1.82, 2.24) is 5.32 Å². The predicted octanol–water partition coefficient (Wildman–Crippen LogP) is 0.789. The summed E-state index contributed by atoms with van der Waals surface area (Å²) in [4.78, 5) is 0. The fourth-order valence-corrected chi connectivity index (χ4v) is 1.21. The van der Waals surface area contributed by atoms with Gasteiger partial charge >= 0.3 is 0 Å². The SMILES string of the molecule is C[C@@H]1CC[C@@H](CO)CN1.Cl. The first-order valence-electron chi connectivity index (χ1n) is 3.67. The van der Waals surface area contributed by atoms with E-state index in [9.17, 15) is 0 Å². The number of halogens is 1. The molecule has 1 saturated heterocycles. The van der Waals surface area contributed by atoms with Crippen LogP contribution in [0.2, 0.25) is 0 Å². The monoisotopic (exact) mass is 165 g/mol. The molecular weight excluding hydrogens is 150 g/mol. The minimum absolute atomic E-state index is 0. The van der Waals surface area contributed by atoms with Gasteiger partial charge in [0.2, 0.25) is 0 Å². The van der Waals surface area contributed by atoms with Gasteiger partial charge in [0.1, 0.15) is 0 Å². The summed E-state index contributed by atoms with van der Waals surface area (Å²) in [6.45, 7) is 3.53. The molecule has 1 aliphatic heterocycles. The van der Waals surface area contributed by atoms with E-state index in [4.69, 9.17) is 5.11 Å². The summed E-state index contributed by atoms with van der Waals surface area (Å²) in [5.74, 6) is 0.515. The van der Waals surface area contributed by atoms with Crippen molar-refractivity contribution in [2.45, 2.75) is 25.8 Å². The Morgan fingerprint density at radius 2 is 2.20 bits per heavy atom. The number of rotatable bonds is 1. The van der Waals surface area contributed by atoms with Gasteiger partial charge in [-0.05, 0) is 25.7 Å². The zero-order chi connectivity index (χ0) is 6.69. The van der Waals surface area contributed by atoms with E-state index in [1.165, 1.54) is 12.8 Å². The van der Waals surface area contributed by atoms with Gasteiger partial charge in [-0.1, -0.05) is 0 Å². The van der Waals surface area contributed by atoms with E-state index in [-0.39, 0.29) is 12.4 Å². The lowest BCUT2D eigenvalue weighted by Crippen LogP contribution is -2.38. The van der Waals surface area contributed by atoms with Crippen LogP contribution in [-0.2, 0) is 0 Å². The molecule has 0 aromatic heterocycles. The van der Waals surface area contributed by atoms with Gasteiger partial charge in [-0.15, -0.1) is 12.4 Å². The van der Waals surface area contributed by atoms with Crippen LogP contribution in [0.25, 0.3) is 0 Å². The van der Waals surface area contributed by atoms with Crippen molar-refractivity contribution >= 4 is 12.4 Å². The Hall–Kier alpha value is 0.210. The number of hydrogen-bond acceptors (Lipinski definition) is 2. The summed E-state index contributed by atoms with van der Waals surface area (Å²) in [5, 5.41) is 12.1. The quantitative estimate of drug-likeness (QED) is 0.602. The maximum Gasteiger partial charge on any atom is 0.0471 e. The molecule has 0 spiro atoms. The summed E-state index contributed by atoms with van der Waals surface area (Å²) in [5.41, 5.74) is 0. The zero-order valence-corrected chi connectivity index (χ0v) is 7.16. The molecule has 2 N–H and O–H groups in total. The van der Waals surface area contributed by atoms with Crippen LogP contribution < -0.4 is 5.32 Å². The Bertz CT molecular complexity index is 81.7. The van der Waals surface area contributed by atoms with Crippen LogP contribution in [0.15, 0.2) is 0 Å². The number of hydrogen-bond donors (Lipinski definition) is 2. The topological polar surface area (TPSA) is 32.3 Å². The van der Waals surface area contributed by atoms with E-state index in [1.54, 1.807) is 0 Å². The molecule has 1 heterocycles. The normalized spacial score (nSPS) is 33.0. The first-order valence-corrected chi connectivity index (χ1v) is 3.67. The highest BCUT2D eigenvalue weighted by Gasteiger charge is 2.15. The molecule has 2 atom stereocenters. The van der Waals surface area contributed by atoms with Crippen molar-refractivity contribution in [3.05, 3.63) is 0 Å². The van der Waals surface area contributed by atoms with Gasteiger partial charge in [0.05, 0.1) is 0 Å². The highest BCUT2D eigenvalue weighted by atomic mass is 35.5. The lowest BCUT2D eigenvalue weighted by atomic mass is 9.96. The number of piperidine rings is 1. The van der Waals surface area contributed by atoms with Gasteiger partial charge in [0, 0.05) is 19.2 Å². The third kappa shape index (κ3) is 2.86. The second kappa shape index (κ2) is 4.94. The fraction of sp³-hybridized carbons (Fsp3) is 1.00. The Kier molecular flexibility index (Phi) is 5.04. The predicted molar refractivity (Wildman–Crippen MR) is 44.5 cm³/mol. The van der Waals surface area contributed by atoms with Crippen LogP contribution in [0.3, 0.4) is 0 Å². The molecule has 2 nitrogen and oxygen atoms in total. The first kappa shape index (κ1) is 10.2. The van der Waals surface area contributed by atoms with Gasteiger partial charge in [-0.3, -0.25) is 0 Å². The zero-order valence-electron chi connectivity index (χ0n) is 6.34. The Labute approximate surface area is 68.4 Å². The van der Waals surface area contributed by atoms with Crippen LogP contribution in [0.4, 0.5) is 0 Å². The molecule has 1 aliphatic rings. The molecule has 62 valence electrons. The fourth-order valence-electron chi connectivity index (χ4n) is 1.21. The molecule has 0 aliphatic carbocycles. The van der Waals surface area contributed by atoms with E-state index in [0.717, 1.165) is 6.54 Å². The molecule has 1 rings (SSSR count). The molecule has 1 fully saturated rings. The van der Waals surface area contributed by atoms with E-state index in [2.05, 4.69) is 12.2 Å². The first-order chi connectivity index (χ1) is 4.33. The number of aliphatic hydroxyl groups is 1. The summed E-state index contributed by atoms with van der Waals surface area (Å²) < 4.78 is 0. The summed E-state index contributed by atoms with van der Waals surface area (Å²) in [6.07, 6.45) is 2.40. The maximum atomic E-state index is 8.74. The Balaban J connectivity index is 0.000000810. The minimum atomic E-state index is 0. The van der Waals surface area contributed by atoms with E-state index in [0.29, 0.717) is 18.6 Å². The van der Waals surface area contributed by atoms with Crippen molar-refractivity contribution < 1.29 is 5.11 Å². The largest absolute Gasteiger partial charge is 0.396 e. The third-order valence-corrected chi connectivity index (χ3v) is 2.02. The molecule has 0 amide bonds. The van der Waals surface area contributed by atoms with Gasteiger partial charge in [-0.2, -0.15) is 0 Å². The van der Waals surface area contributed by atoms with Crippen LogP contribution >= 0.6 is 12.4 Å². The molecule has 0 radical (unpaired) electrons. The average Bonchev–Trinajstić information content (AvgIpc) is 1.90. The second-order valence-electron chi connectivity index (χ2n) is 2.94. The van der Waals surface area contributed by atoms with Gasteiger partial charge in [0.25, 0.3) is 0 Å². The summed E-state index contributed by atoms with van der Waals surface area (Å²) in [7, 11) is 0. The average molecular weight is 166 g/mol. The molecule has 0 aromatic carbocycles. The Morgan fingerprint density at radius 1 is 1.50 bits per heavy atom. The van der Waals surface area contributed by atoms with Crippen LogP contribution in [0.5, 0.6) is 0 Å². The molecule has 3 heteroatoms. The maximum absolute atomic E-state index is 8.74. The highest BCUT2D eigenvalue weighted by molar-refractivity contribution is 5.85. The lowest BCUT2D eigenvalue weighted by Gasteiger charge is -2.25. The smallest absolute Gasteiger partial charge is 0.0471 e. The van der Waals surface area contributed by atoms with Crippen LogP contribution in [0.1, 0.15) is 19.8 Å². The Morgan fingerprint density at radius 3 is 2.60 bits per heavy atom. The van der Waals surface area contributed by atoms with Crippen molar-refractivity contribution in [1.29, 1.82) is 0 Å². The van der Waals surface area contributed by atoms with E-state index in [1.807, 2.05) is 0 Å². The van der Waals surface area contributed by atoms with Crippen molar-refractivity contribution in [3.63, 3.8) is 0 Å². The van der Waals surface area contributed by atoms with Crippen molar-refractivity contribution in [2.75, 3.05) is 13.2 Å². The summed E-state index contributed by atoms with van der Waals surface area (Å²) >= 11 is 0. The molecule has 10 heavy (non-hydrogen) atoms. The number of aliphatic hydroxyl groups excluding tert-OH is 1. The van der Waals surface area contributed by atoms with Crippen LogP contribution in [-0.4, -0.2) is 24.3 Å². The van der Waals surface area contributed by atoms with Crippen molar-refractivity contribution in [3.8, 4) is 0 Å². The molecule has 0 bridgehead atoms.